The lowest BCUT2D eigenvalue weighted by Crippen LogP contribution is -2.30. The number of ether oxygens (including phenoxy) is 3. The molecule has 0 amide bonds. The Morgan fingerprint density at radius 3 is 1.03 bits per heavy atom. The number of allylic oxidation sites excluding steroid dienone is 17. The molecule has 0 aromatic heterocycles. The van der Waals surface area contributed by atoms with Crippen molar-refractivity contribution >= 4 is 17.9 Å². The van der Waals surface area contributed by atoms with Crippen molar-refractivity contribution < 1.29 is 28.6 Å². The molecule has 0 aromatic rings. The van der Waals surface area contributed by atoms with Crippen molar-refractivity contribution in [1.82, 2.24) is 0 Å². The zero-order valence-corrected chi connectivity index (χ0v) is 42.0. The van der Waals surface area contributed by atoms with Crippen LogP contribution in [-0.2, 0) is 28.6 Å². The third kappa shape index (κ3) is 50.9. The van der Waals surface area contributed by atoms with Gasteiger partial charge in [-0.25, -0.2) is 0 Å². The average Bonchev–Trinajstić information content (AvgIpc) is 3.30. The van der Waals surface area contributed by atoms with E-state index in [1.807, 2.05) is 6.08 Å². The molecule has 0 spiro atoms. The highest BCUT2D eigenvalue weighted by atomic mass is 16.6. The Labute approximate surface area is 400 Å². The van der Waals surface area contributed by atoms with Gasteiger partial charge in [-0.3, -0.25) is 14.4 Å². The lowest BCUT2D eigenvalue weighted by atomic mass is 10.1. The molecule has 1 unspecified atom stereocenters. The van der Waals surface area contributed by atoms with E-state index in [2.05, 4.69) is 118 Å². The van der Waals surface area contributed by atoms with E-state index >= 15 is 0 Å². The third-order valence-corrected chi connectivity index (χ3v) is 10.8. The van der Waals surface area contributed by atoms with Crippen LogP contribution in [0.4, 0.5) is 0 Å². The molecular weight excluding hydrogens is 805 g/mol. The fourth-order valence-corrected chi connectivity index (χ4v) is 6.88. The lowest BCUT2D eigenvalue weighted by Gasteiger charge is -2.18. The molecule has 368 valence electrons. The minimum atomic E-state index is -0.843. The standard InChI is InChI=1S/C59H96O6/c1-4-7-10-13-16-19-22-25-28-29-32-34-37-40-43-46-49-52-58(61)64-55-56(65-59(62)53-50-47-44-41-38-35-31-27-24-21-18-15-12-9-6-3)54-63-57(60)51-48-45-42-39-36-33-30-26-23-20-17-14-11-8-5-2/h8-9,11-12,17-18,20-21,25-28,30-31,38,41,47,50,56H,4-7,10,13-16,19,22-24,29,32-37,39-40,42-46,48-49,51-55H2,1-3H3/b11-8-,12-9-,20-17-,21-18-,28-25-,30-26-,31-27-,41-38-,50-47-. The van der Waals surface area contributed by atoms with E-state index in [1.54, 1.807) is 6.08 Å². The van der Waals surface area contributed by atoms with E-state index in [-0.39, 0.29) is 31.6 Å². The molecular formula is C59H96O6. The first-order valence-electron chi connectivity index (χ1n) is 26.4. The van der Waals surface area contributed by atoms with Gasteiger partial charge < -0.3 is 14.2 Å². The maximum atomic E-state index is 12.7. The molecule has 0 heterocycles. The molecule has 65 heavy (non-hydrogen) atoms. The molecule has 6 nitrogen and oxygen atoms in total. The topological polar surface area (TPSA) is 78.9 Å². The van der Waals surface area contributed by atoms with Gasteiger partial charge in [-0.05, 0) is 103 Å². The predicted octanol–water partition coefficient (Wildman–Crippen LogP) is 17.5. The number of carbonyl (C=O) groups is 3. The lowest BCUT2D eigenvalue weighted by molar-refractivity contribution is -0.166. The Kier molecular flexibility index (Phi) is 49.5. The smallest absolute Gasteiger partial charge is 0.310 e. The Bertz CT molecular complexity index is 1360. The highest BCUT2D eigenvalue weighted by Crippen LogP contribution is 2.13. The number of hydrogen-bond donors (Lipinski definition) is 0. The molecule has 0 aliphatic carbocycles. The summed E-state index contributed by atoms with van der Waals surface area (Å²) in [7, 11) is 0. The van der Waals surface area contributed by atoms with Gasteiger partial charge in [0.25, 0.3) is 0 Å². The predicted molar refractivity (Wildman–Crippen MR) is 279 cm³/mol. The number of carbonyl (C=O) groups excluding carboxylic acids is 3. The SMILES string of the molecule is CC/C=C\C/C=C\C/C=C\C/C=C\C/C=C\CC(=O)OC(COC(=O)CCCCCCC/C=C\C/C=C\C/C=C\CC)COC(=O)CCCCCCCCC/C=C\CCCCCCCC. The van der Waals surface area contributed by atoms with Crippen LogP contribution in [0.3, 0.4) is 0 Å². The van der Waals surface area contributed by atoms with Crippen molar-refractivity contribution in [2.24, 2.45) is 0 Å². The normalized spacial score (nSPS) is 13.0. The molecule has 0 aliphatic rings. The molecule has 0 aromatic carbocycles. The van der Waals surface area contributed by atoms with Crippen LogP contribution in [0, 0.1) is 0 Å². The average molecular weight is 901 g/mol. The minimum absolute atomic E-state index is 0.0889. The summed E-state index contributed by atoms with van der Waals surface area (Å²) < 4.78 is 16.7. The van der Waals surface area contributed by atoms with Gasteiger partial charge >= 0.3 is 17.9 Å². The van der Waals surface area contributed by atoms with Crippen molar-refractivity contribution in [1.29, 1.82) is 0 Å². The molecule has 0 bridgehead atoms. The summed E-state index contributed by atoms with van der Waals surface area (Å²) in [5, 5.41) is 0. The van der Waals surface area contributed by atoms with E-state index in [1.165, 1.54) is 77.0 Å². The van der Waals surface area contributed by atoms with Crippen molar-refractivity contribution in [3.8, 4) is 0 Å². The Morgan fingerprint density at radius 2 is 0.646 bits per heavy atom. The monoisotopic (exact) mass is 901 g/mol. The zero-order valence-electron chi connectivity index (χ0n) is 42.0. The van der Waals surface area contributed by atoms with Gasteiger partial charge in [-0.1, -0.05) is 214 Å². The largest absolute Gasteiger partial charge is 0.462 e. The second kappa shape index (κ2) is 52.7. The number of hydrogen-bond acceptors (Lipinski definition) is 6. The van der Waals surface area contributed by atoms with Gasteiger partial charge in [-0.2, -0.15) is 0 Å². The van der Waals surface area contributed by atoms with Crippen LogP contribution in [0.15, 0.2) is 109 Å². The molecule has 0 N–H and O–H groups in total. The van der Waals surface area contributed by atoms with Crippen LogP contribution >= 0.6 is 0 Å². The van der Waals surface area contributed by atoms with Crippen LogP contribution in [-0.4, -0.2) is 37.2 Å². The van der Waals surface area contributed by atoms with Crippen molar-refractivity contribution in [3.63, 3.8) is 0 Å². The first kappa shape index (κ1) is 61.1. The van der Waals surface area contributed by atoms with Gasteiger partial charge in [0.1, 0.15) is 13.2 Å². The van der Waals surface area contributed by atoms with Crippen molar-refractivity contribution in [3.05, 3.63) is 109 Å². The summed E-state index contributed by atoms with van der Waals surface area (Å²) in [6.07, 6.45) is 71.0. The summed E-state index contributed by atoms with van der Waals surface area (Å²) >= 11 is 0. The van der Waals surface area contributed by atoms with Crippen molar-refractivity contribution in [2.45, 2.75) is 232 Å². The summed E-state index contributed by atoms with van der Waals surface area (Å²) in [6.45, 7) is 6.30. The van der Waals surface area contributed by atoms with Gasteiger partial charge in [-0.15, -0.1) is 0 Å². The molecule has 0 aliphatic heterocycles. The Hall–Kier alpha value is -3.93. The fourth-order valence-electron chi connectivity index (χ4n) is 6.88. The maximum absolute atomic E-state index is 12.7. The second-order valence-electron chi connectivity index (χ2n) is 17.0. The van der Waals surface area contributed by atoms with Crippen molar-refractivity contribution in [2.75, 3.05) is 13.2 Å². The summed E-state index contributed by atoms with van der Waals surface area (Å²) in [5.74, 6) is -1.08. The Morgan fingerprint density at radius 1 is 0.338 bits per heavy atom. The second-order valence-corrected chi connectivity index (χ2v) is 17.0. The highest BCUT2D eigenvalue weighted by Gasteiger charge is 2.19. The van der Waals surface area contributed by atoms with Gasteiger partial charge in [0, 0.05) is 12.8 Å². The number of esters is 3. The first-order valence-corrected chi connectivity index (χ1v) is 26.4. The van der Waals surface area contributed by atoms with Crippen LogP contribution in [0.1, 0.15) is 226 Å². The van der Waals surface area contributed by atoms with Crippen LogP contribution in [0.2, 0.25) is 0 Å². The first-order chi connectivity index (χ1) is 32.0. The third-order valence-electron chi connectivity index (χ3n) is 10.8. The fraction of sp³-hybridized carbons (Fsp3) is 0.644. The highest BCUT2D eigenvalue weighted by molar-refractivity contribution is 5.72. The van der Waals surface area contributed by atoms with Gasteiger partial charge in [0.2, 0.25) is 0 Å². The van der Waals surface area contributed by atoms with E-state index in [9.17, 15) is 14.4 Å². The van der Waals surface area contributed by atoms with Crippen LogP contribution in [0.25, 0.3) is 0 Å². The molecule has 0 radical (unpaired) electrons. The quantitative estimate of drug-likeness (QED) is 0.0262. The zero-order chi connectivity index (χ0) is 47.2. The van der Waals surface area contributed by atoms with E-state index in [0.29, 0.717) is 19.3 Å². The maximum Gasteiger partial charge on any atom is 0.310 e. The molecule has 0 saturated carbocycles. The summed E-state index contributed by atoms with van der Waals surface area (Å²) in [5.41, 5.74) is 0. The molecule has 0 rings (SSSR count). The number of unbranched alkanes of at least 4 members (excludes halogenated alkanes) is 18. The molecule has 6 heteroatoms. The van der Waals surface area contributed by atoms with E-state index in [0.717, 1.165) is 103 Å². The summed E-state index contributed by atoms with van der Waals surface area (Å²) in [6, 6.07) is 0. The van der Waals surface area contributed by atoms with E-state index in [4.69, 9.17) is 14.2 Å². The minimum Gasteiger partial charge on any atom is -0.462 e. The van der Waals surface area contributed by atoms with E-state index < -0.39 is 12.1 Å². The van der Waals surface area contributed by atoms with Gasteiger partial charge in [0.05, 0.1) is 6.42 Å². The summed E-state index contributed by atoms with van der Waals surface area (Å²) in [4.78, 5) is 38.0. The molecule has 0 fully saturated rings. The van der Waals surface area contributed by atoms with Crippen LogP contribution < -0.4 is 0 Å². The number of rotatable bonds is 46. The van der Waals surface area contributed by atoms with Gasteiger partial charge in [0.15, 0.2) is 6.10 Å². The van der Waals surface area contributed by atoms with Crippen LogP contribution in [0.5, 0.6) is 0 Å². The Balaban J connectivity index is 4.54. The molecule has 0 saturated heterocycles. The molecule has 1 atom stereocenters.